The summed E-state index contributed by atoms with van der Waals surface area (Å²) in [5, 5.41) is 0.949. The van der Waals surface area contributed by atoms with Crippen molar-refractivity contribution in [2.24, 2.45) is 4.99 Å². The lowest BCUT2D eigenvalue weighted by Crippen LogP contribution is -2.06. The third-order valence-electron chi connectivity index (χ3n) is 4.68. The molecule has 0 aliphatic heterocycles. The van der Waals surface area contributed by atoms with Crippen LogP contribution in [0.15, 0.2) is 85.1 Å². The minimum Gasteiger partial charge on any atom is -0.436 e. The van der Waals surface area contributed by atoms with Gasteiger partial charge in [-0.05, 0) is 65.3 Å². The molecule has 0 saturated heterocycles. The number of halogens is 2. The van der Waals surface area contributed by atoms with E-state index in [0.717, 1.165) is 48.0 Å². The van der Waals surface area contributed by atoms with Crippen molar-refractivity contribution in [3.63, 3.8) is 0 Å². The van der Waals surface area contributed by atoms with E-state index >= 15 is 0 Å². The van der Waals surface area contributed by atoms with Crippen LogP contribution in [0.1, 0.15) is 5.56 Å². The van der Waals surface area contributed by atoms with Crippen molar-refractivity contribution in [2.45, 2.75) is 6.92 Å². The number of fused-ring (bicyclic) bond motifs is 2. The molecule has 0 bridgehead atoms. The summed E-state index contributed by atoms with van der Waals surface area (Å²) in [5.41, 5.74) is 5.93. The third kappa shape index (κ3) is 3.54. The van der Waals surface area contributed by atoms with Crippen molar-refractivity contribution in [1.29, 1.82) is 0 Å². The first-order valence-corrected chi connectivity index (χ1v) is 10.6. The largest absolute Gasteiger partial charge is 0.436 e. The Labute approximate surface area is 183 Å². The van der Waals surface area contributed by atoms with Gasteiger partial charge in [0.2, 0.25) is 5.55 Å². The molecule has 5 rings (SSSR count). The predicted molar refractivity (Wildman–Crippen MR) is 123 cm³/mol. The summed E-state index contributed by atoms with van der Waals surface area (Å²) >= 11 is 7.15. The molecule has 3 aromatic carbocycles. The van der Waals surface area contributed by atoms with Gasteiger partial charge in [-0.25, -0.2) is 9.98 Å². The molecule has 6 heteroatoms. The molecule has 0 saturated carbocycles. The second-order valence-corrected chi connectivity index (χ2v) is 8.59. The molecular weight excluding hydrogens is 494 g/mol. The highest BCUT2D eigenvalue weighted by Gasteiger charge is 2.13. The number of para-hydroxylation sites is 2. The molecule has 2 heterocycles. The number of aromatic nitrogens is 2. The van der Waals surface area contributed by atoms with Crippen LogP contribution in [0.25, 0.3) is 33.4 Å². The van der Waals surface area contributed by atoms with E-state index in [4.69, 9.17) is 14.4 Å². The minimum atomic E-state index is 0.503. The quantitative estimate of drug-likeness (QED) is 0.278. The van der Waals surface area contributed by atoms with Crippen LogP contribution in [-0.4, -0.2) is 9.97 Å². The Hall–Kier alpha value is -2.70. The summed E-state index contributed by atoms with van der Waals surface area (Å²) in [4.78, 5) is 12.9. The molecule has 1 N–H and O–H groups in total. The summed E-state index contributed by atoms with van der Waals surface area (Å²) in [7, 11) is 0. The van der Waals surface area contributed by atoms with Crippen molar-refractivity contribution in [1.82, 2.24) is 9.97 Å². The minimum absolute atomic E-state index is 0.503. The summed E-state index contributed by atoms with van der Waals surface area (Å²) in [6.45, 7) is 2.05. The third-order valence-corrected chi connectivity index (χ3v) is 5.72. The van der Waals surface area contributed by atoms with Gasteiger partial charge in [0.25, 0.3) is 0 Å². The first-order valence-electron chi connectivity index (χ1n) is 9.06. The highest BCUT2D eigenvalue weighted by atomic mass is 79.9. The van der Waals surface area contributed by atoms with Crippen LogP contribution in [0.4, 0.5) is 5.69 Å². The molecule has 0 amide bonds. The highest BCUT2D eigenvalue weighted by molar-refractivity contribution is 9.11. The molecule has 29 heavy (non-hydrogen) atoms. The number of imidazole rings is 1. The van der Waals surface area contributed by atoms with E-state index < -0.39 is 0 Å². The second-order valence-electron chi connectivity index (χ2n) is 6.82. The molecule has 0 radical (unpaired) electrons. The molecule has 0 unspecified atom stereocenters. The Balaban J connectivity index is 1.83. The van der Waals surface area contributed by atoms with Crippen molar-refractivity contribution < 1.29 is 4.42 Å². The summed E-state index contributed by atoms with van der Waals surface area (Å²) in [6.07, 6.45) is 0. The molecule has 2 aromatic heterocycles. The van der Waals surface area contributed by atoms with Gasteiger partial charge >= 0.3 is 0 Å². The zero-order valence-electron chi connectivity index (χ0n) is 15.4. The maximum atomic E-state index is 6.27. The van der Waals surface area contributed by atoms with E-state index in [1.54, 1.807) is 0 Å². The first kappa shape index (κ1) is 18.3. The lowest BCUT2D eigenvalue weighted by molar-refractivity contribution is 0.545. The number of H-pyrrole nitrogens is 1. The SMILES string of the molecule is Cc1ccc(N=c2oc3c(Br)cc(Br)cc3cc2-c2nc3ccccc3[nH]2)cc1. The van der Waals surface area contributed by atoms with Crippen LogP contribution in [0.3, 0.4) is 0 Å². The Morgan fingerprint density at radius 1 is 0.966 bits per heavy atom. The van der Waals surface area contributed by atoms with Crippen LogP contribution in [-0.2, 0) is 0 Å². The molecule has 0 spiro atoms. The van der Waals surface area contributed by atoms with Gasteiger partial charge < -0.3 is 9.40 Å². The van der Waals surface area contributed by atoms with Gasteiger partial charge in [0.05, 0.1) is 26.8 Å². The van der Waals surface area contributed by atoms with E-state index in [0.29, 0.717) is 5.55 Å². The van der Waals surface area contributed by atoms with Gasteiger partial charge in [0, 0.05) is 9.86 Å². The molecule has 0 aliphatic rings. The zero-order valence-corrected chi connectivity index (χ0v) is 18.6. The van der Waals surface area contributed by atoms with E-state index in [9.17, 15) is 0 Å². The lowest BCUT2D eigenvalue weighted by Gasteiger charge is -2.05. The smallest absolute Gasteiger partial charge is 0.230 e. The van der Waals surface area contributed by atoms with Crippen LogP contribution >= 0.6 is 31.9 Å². The highest BCUT2D eigenvalue weighted by Crippen LogP contribution is 2.30. The van der Waals surface area contributed by atoms with E-state index in [1.807, 2.05) is 60.7 Å². The number of hydrogen-bond acceptors (Lipinski definition) is 3. The Morgan fingerprint density at radius 2 is 1.76 bits per heavy atom. The molecule has 0 fully saturated rings. The van der Waals surface area contributed by atoms with Crippen molar-refractivity contribution in [3.05, 3.63) is 86.8 Å². The predicted octanol–water partition coefficient (Wildman–Crippen LogP) is 7.04. The van der Waals surface area contributed by atoms with Crippen molar-refractivity contribution in [3.8, 4) is 11.4 Å². The van der Waals surface area contributed by atoms with E-state index in [1.165, 1.54) is 5.56 Å². The summed E-state index contributed by atoms with van der Waals surface area (Å²) < 4.78 is 8.09. The van der Waals surface area contributed by atoms with Crippen LogP contribution in [0, 0.1) is 6.92 Å². The maximum absolute atomic E-state index is 6.27. The fraction of sp³-hybridized carbons (Fsp3) is 0.0435. The monoisotopic (exact) mass is 507 g/mol. The molecule has 4 nitrogen and oxygen atoms in total. The number of rotatable bonds is 2. The first-order chi connectivity index (χ1) is 14.1. The van der Waals surface area contributed by atoms with Gasteiger partial charge in [0.15, 0.2) is 5.58 Å². The standard InChI is InChI=1S/C23H15Br2N3O/c1-13-6-8-16(9-7-13)26-23-17(22-27-19-4-2-3-5-20(19)28-22)11-14-10-15(24)12-18(25)21(14)29-23/h2-12H,1H3,(H,27,28). The number of benzene rings is 3. The van der Waals surface area contributed by atoms with Crippen LogP contribution in [0.5, 0.6) is 0 Å². The normalized spacial score (nSPS) is 12.2. The molecule has 5 aromatic rings. The van der Waals surface area contributed by atoms with Gasteiger partial charge in [-0.15, -0.1) is 0 Å². The lowest BCUT2D eigenvalue weighted by atomic mass is 10.1. The molecule has 142 valence electrons. The van der Waals surface area contributed by atoms with E-state index in [2.05, 4.69) is 49.8 Å². The number of nitrogens with zero attached hydrogens (tertiary/aromatic N) is 2. The van der Waals surface area contributed by atoms with Gasteiger partial charge in [-0.3, -0.25) is 0 Å². The fourth-order valence-corrected chi connectivity index (χ4v) is 4.57. The summed E-state index contributed by atoms with van der Waals surface area (Å²) in [6, 6.07) is 22.0. The average Bonchev–Trinajstić information content (AvgIpc) is 3.14. The van der Waals surface area contributed by atoms with Gasteiger partial charge in [0.1, 0.15) is 5.82 Å². The Bertz CT molecular complexity index is 1400. The van der Waals surface area contributed by atoms with Crippen LogP contribution in [0.2, 0.25) is 0 Å². The summed E-state index contributed by atoms with van der Waals surface area (Å²) in [5.74, 6) is 0.721. The topological polar surface area (TPSA) is 54.2 Å². The molecular formula is C23H15Br2N3O. The number of aryl methyl sites for hydroxylation is 1. The number of hydrogen-bond donors (Lipinski definition) is 1. The Morgan fingerprint density at radius 3 is 2.55 bits per heavy atom. The fourth-order valence-electron chi connectivity index (χ4n) is 3.23. The van der Waals surface area contributed by atoms with Gasteiger partial charge in [-0.1, -0.05) is 45.8 Å². The molecule has 0 aliphatic carbocycles. The van der Waals surface area contributed by atoms with Crippen molar-refractivity contribution >= 4 is 59.5 Å². The van der Waals surface area contributed by atoms with Crippen LogP contribution < -0.4 is 5.55 Å². The Kier molecular flexibility index (Phi) is 4.60. The van der Waals surface area contributed by atoms with Crippen molar-refractivity contribution in [2.75, 3.05) is 0 Å². The number of nitrogens with one attached hydrogen (secondary N) is 1. The zero-order chi connectivity index (χ0) is 20.0. The number of aromatic amines is 1. The van der Waals surface area contributed by atoms with Gasteiger partial charge in [-0.2, -0.15) is 0 Å². The maximum Gasteiger partial charge on any atom is 0.230 e. The molecule has 0 atom stereocenters. The van der Waals surface area contributed by atoms with E-state index in [-0.39, 0.29) is 0 Å². The average molecular weight is 509 g/mol. The second kappa shape index (κ2) is 7.28.